The quantitative estimate of drug-likeness (QED) is 0.890. The number of primary amides is 1. The third-order valence-corrected chi connectivity index (χ3v) is 2.76. The number of aryl methyl sites for hydroxylation is 1. The van der Waals surface area contributed by atoms with E-state index in [-0.39, 0.29) is 23.8 Å². The Kier molecular flexibility index (Phi) is 4.88. The molecule has 1 amide bonds. The topological polar surface area (TPSA) is 74.4 Å². The SMILES string of the molecule is Cc1cc(OC(F)F)c(C(N)=O)c(OCc2ccccc2)n1. The van der Waals surface area contributed by atoms with Gasteiger partial charge in [-0.2, -0.15) is 8.78 Å². The van der Waals surface area contributed by atoms with E-state index in [1.165, 1.54) is 6.07 Å². The number of hydrogen-bond acceptors (Lipinski definition) is 4. The molecule has 22 heavy (non-hydrogen) atoms. The Morgan fingerprint density at radius 3 is 2.59 bits per heavy atom. The lowest BCUT2D eigenvalue weighted by molar-refractivity contribution is -0.0503. The molecule has 7 heteroatoms. The van der Waals surface area contributed by atoms with Crippen LogP contribution >= 0.6 is 0 Å². The maximum Gasteiger partial charge on any atom is 0.387 e. The van der Waals surface area contributed by atoms with Crippen molar-refractivity contribution in [1.82, 2.24) is 4.98 Å². The molecule has 1 heterocycles. The van der Waals surface area contributed by atoms with Crippen LogP contribution < -0.4 is 15.2 Å². The summed E-state index contributed by atoms with van der Waals surface area (Å²) in [5, 5.41) is 0. The van der Waals surface area contributed by atoms with Gasteiger partial charge in [0.1, 0.15) is 17.9 Å². The van der Waals surface area contributed by atoms with E-state index in [4.69, 9.17) is 10.5 Å². The maximum atomic E-state index is 12.4. The number of ether oxygens (including phenoxy) is 2. The third-order valence-electron chi connectivity index (χ3n) is 2.76. The van der Waals surface area contributed by atoms with Crippen LogP contribution in [0.5, 0.6) is 11.6 Å². The lowest BCUT2D eigenvalue weighted by atomic mass is 10.2. The monoisotopic (exact) mass is 308 g/mol. The summed E-state index contributed by atoms with van der Waals surface area (Å²) in [4.78, 5) is 15.6. The van der Waals surface area contributed by atoms with Gasteiger partial charge in [-0.05, 0) is 12.5 Å². The third kappa shape index (κ3) is 3.91. The highest BCUT2D eigenvalue weighted by molar-refractivity contribution is 5.98. The second kappa shape index (κ2) is 6.84. The molecule has 0 spiro atoms. The predicted molar refractivity (Wildman–Crippen MR) is 74.9 cm³/mol. The molecule has 0 aliphatic carbocycles. The van der Waals surface area contributed by atoms with Crippen LogP contribution in [0.15, 0.2) is 36.4 Å². The molecule has 0 aliphatic rings. The van der Waals surface area contributed by atoms with Crippen molar-refractivity contribution in [3.05, 3.63) is 53.2 Å². The number of pyridine rings is 1. The molecule has 0 saturated heterocycles. The Balaban J connectivity index is 2.32. The van der Waals surface area contributed by atoms with Gasteiger partial charge in [-0.15, -0.1) is 0 Å². The molecule has 0 saturated carbocycles. The van der Waals surface area contributed by atoms with Crippen molar-refractivity contribution in [3.63, 3.8) is 0 Å². The molecule has 0 aliphatic heterocycles. The van der Waals surface area contributed by atoms with E-state index >= 15 is 0 Å². The second-order valence-corrected chi connectivity index (χ2v) is 4.46. The van der Waals surface area contributed by atoms with Crippen LogP contribution in [0.4, 0.5) is 8.78 Å². The Morgan fingerprint density at radius 2 is 2.00 bits per heavy atom. The first-order chi connectivity index (χ1) is 10.5. The summed E-state index contributed by atoms with van der Waals surface area (Å²) in [7, 11) is 0. The van der Waals surface area contributed by atoms with Crippen LogP contribution in [0.2, 0.25) is 0 Å². The highest BCUT2D eigenvalue weighted by atomic mass is 19.3. The van der Waals surface area contributed by atoms with E-state index in [1.807, 2.05) is 30.3 Å². The van der Waals surface area contributed by atoms with Gasteiger partial charge in [-0.3, -0.25) is 4.79 Å². The van der Waals surface area contributed by atoms with Gasteiger partial charge in [-0.25, -0.2) is 4.98 Å². The molecule has 2 aromatic rings. The summed E-state index contributed by atoms with van der Waals surface area (Å²) in [6, 6.07) is 10.3. The largest absolute Gasteiger partial charge is 0.472 e. The first-order valence-corrected chi connectivity index (χ1v) is 6.40. The van der Waals surface area contributed by atoms with Crippen molar-refractivity contribution >= 4 is 5.91 Å². The zero-order chi connectivity index (χ0) is 16.1. The van der Waals surface area contributed by atoms with Crippen molar-refractivity contribution in [2.24, 2.45) is 5.73 Å². The molecule has 0 fully saturated rings. The number of hydrogen-bond donors (Lipinski definition) is 1. The van der Waals surface area contributed by atoms with Crippen LogP contribution in [0.3, 0.4) is 0 Å². The smallest absolute Gasteiger partial charge is 0.387 e. The maximum absolute atomic E-state index is 12.4. The minimum atomic E-state index is -3.08. The van der Waals surface area contributed by atoms with Gasteiger partial charge in [0.05, 0.1) is 0 Å². The Morgan fingerprint density at radius 1 is 1.32 bits per heavy atom. The van der Waals surface area contributed by atoms with Crippen molar-refractivity contribution in [3.8, 4) is 11.6 Å². The van der Waals surface area contributed by atoms with Crippen LogP contribution in [0.1, 0.15) is 21.6 Å². The number of carbonyl (C=O) groups is 1. The summed E-state index contributed by atoms with van der Waals surface area (Å²) in [5.41, 5.74) is 6.12. The molecule has 0 unspecified atom stereocenters. The lowest BCUT2D eigenvalue weighted by Gasteiger charge is -2.14. The van der Waals surface area contributed by atoms with Crippen LogP contribution in [-0.2, 0) is 6.61 Å². The summed E-state index contributed by atoms with van der Waals surface area (Å²) in [6.07, 6.45) is 0. The molecule has 0 atom stereocenters. The highest BCUT2D eigenvalue weighted by Crippen LogP contribution is 2.29. The van der Waals surface area contributed by atoms with E-state index in [0.717, 1.165) is 5.56 Å². The fraction of sp³-hybridized carbons (Fsp3) is 0.200. The summed E-state index contributed by atoms with van der Waals surface area (Å²) in [5.74, 6) is -1.43. The molecular weight excluding hydrogens is 294 g/mol. The summed E-state index contributed by atoms with van der Waals surface area (Å²) in [6.45, 7) is -1.40. The molecule has 0 bridgehead atoms. The number of carbonyl (C=O) groups excluding carboxylic acids is 1. The molecular formula is C15H14F2N2O3. The van der Waals surface area contributed by atoms with E-state index in [9.17, 15) is 13.6 Å². The van der Waals surface area contributed by atoms with Gasteiger partial charge < -0.3 is 15.2 Å². The van der Waals surface area contributed by atoms with Crippen LogP contribution in [-0.4, -0.2) is 17.5 Å². The summed E-state index contributed by atoms with van der Waals surface area (Å²) >= 11 is 0. The molecule has 5 nitrogen and oxygen atoms in total. The van der Waals surface area contributed by atoms with Gasteiger partial charge in [0, 0.05) is 11.8 Å². The Hall–Kier alpha value is -2.70. The van der Waals surface area contributed by atoms with Gasteiger partial charge in [0.25, 0.3) is 5.91 Å². The minimum absolute atomic E-state index is 0.117. The van der Waals surface area contributed by atoms with Crippen LogP contribution in [0, 0.1) is 6.92 Å². The number of rotatable bonds is 6. The number of aromatic nitrogens is 1. The number of halogens is 2. The van der Waals surface area contributed by atoms with E-state index in [2.05, 4.69) is 9.72 Å². The fourth-order valence-electron chi connectivity index (χ4n) is 1.86. The summed E-state index contributed by atoms with van der Waals surface area (Å²) < 4.78 is 34.7. The van der Waals surface area contributed by atoms with Gasteiger partial charge in [-0.1, -0.05) is 30.3 Å². The Labute approximate surface area is 125 Å². The van der Waals surface area contributed by atoms with E-state index in [1.54, 1.807) is 6.92 Å². The number of benzene rings is 1. The zero-order valence-electron chi connectivity index (χ0n) is 11.8. The average Bonchev–Trinajstić information content (AvgIpc) is 2.44. The molecule has 0 radical (unpaired) electrons. The number of alkyl halides is 2. The van der Waals surface area contributed by atoms with Crippen molar-refractivity contribution in [1.29, 1.82) is 0 Å². The number of amides is 1. The van der Waals surface area contributed by atoms with Crippen molar-refractivity contribution in [2.75, 3.05) is 0 Å². The lowest BCUT2D eigenvalue weighted by Crippen LogP contribution is -2.17. The van der Waals surface area contributed by atoms with Crippen molar-refractivity contribution in [2.45, 2.75) is 20.1 Å². The number of nitrogens with zero attached hydrogens (tertiary/aromatic N) is 1. The first kappa shape index (κ1) is 15.7. The minimum Gasteiger partial charge on any atom is -0.472 e. The van der Waals surface area contributed by atoms with Gasteiger partial charge in [0.15, 0.2) is 0 Å². The first-order valence-electron chi connectivity index (χ1n) is 6.40. The molecule has 116 valence electrons. The average molecular weight is 308 g/mol. The normalized spacial score (nSPS) is 10.5. The van der Waals surface area contributed by atoms with Gasteiger partial charge in [0.2, 0.25) is 5.88 Å². The standard InChI is InChI=1S/C15H14F2N2O3/c1-9-7-11(22-15(16)17)12(13(18)20)14(19-9)21-8-10-5-3-2-4-6-10/h2-7,15H,8H2,1H3,(H2,18,20). The number of nitrogens with two attached hydrogens (primary N) is 1. The van der Waals surface area contributed by atoms with E-state index < -0.39 is 12.5 Å². The van der Waals surface area contributed by atoms with Crippen molar-refractivity contribution < 1.29 is 23.0 Å². The van der Waals surface area contributed by atoms with Crippen LogP contribution in [0.25, 0.3) is 0 Å². The predicted octanol–water partition coefficient (Wildman–Crippen LogP) is 2.67. The molecule has 2 rings (SSSR count). The molecule has 1 aromatic heterocycles. The molecule has 1 aromatic carbocycles. The fourth-order valence-corrected chi connectivity index (χ4v) is 1.86. The zero-order valence-corrected chi connectivity index (χ0v) is 11.8. The second-order valence-electron chi connectivity index (χ2n) is 4.46. The van der Waals surface area contributed by atoms with Gasteiger partial charge >= 0.3 is 6.61 Å². The highest BCUT2D eigenvalue weighted by Gasteiger charge is 2.21. The molecule has 2 N–H and O–H groups in total. The van der Waals surface area contributed by atoms with E-state index in [0.29, 0.717) is 5.69 Å². The Bertz CT molecular complexity index is 663.